The van der Waals surface area contributed by atoms with E-state index >= 15 is 0 Å². The molecule has 2 unspecified atom stereocenters. The van der Waals surface area contributed by atoms with Crippen LogP contribution < -0.4 is 0 Å². The predicted octanol–water partition coefficient (Wildman–Crippen LogP) is 6.26. The normalized spacial score (nSPS) is 13.6. The van der Waals surface area contributed by atoms with E-state index < -0.39 is 0 Å². The Hall–Kier alpha value is -1.42. The van der Waals surface area contributed by atoms with Gasteiger partial charge in [0.1, 0.15) is 5.50 Å². The van der Waals surface area contributed by atoms with Crippen molar-refractivity contribution in [3.8, 4) is 0 Å². The summed E-state index contributed by atoms with van der Waals surface area (Å²) >= 11 is 14.6. The van der Waals surface area contributed by atoms with Crippen LogP contribution in [0.2, 0.25) is 5.02 Å². The van der Waals surface area contributed by atoms with Crippen LogP contribution in [0.5, 0.6) is 0 Å². The third-order valence-electron chi connectivity index (χ3n) is 3.81. The van der Waals surface area contributed by atoms with Crippen molar-refractivity contribution >= 4 is 35.0 Å². The second-order valence-electron chi connectivity index (χ2n) is 5.65. The van der Waals surface area contributed by atoms with Crippen molar-refractivity contribution in [2.24, 2.45) is 0 Å². The van der Waals surface area contributed by atoms with E-state index in [-0.39, 0.29) is 10.8 Å². The number of nitrogens with zero attached hydrogens (tertiary/aromatic N) is 2. The average molecular weight is 377 g/mol. The second kappa shape index (κ2) is 8.11. The van der Waals surface area contributed by atoms with E-state index in [1.807, 2.05) is 46.8 Å². The molecule has 24 heavy (non-hydrogen) atoms. The molecule has 2 nitrogen and oxygen atoms in total. The topological polar surface area (TPSA) is 17.8 Å². The summed E-state index contributed by atoms with van der Waals surface area (Å²) < 4.78 is 1.93. The van der Waals surface area contributed by atoms with Crippen LogP contribution in [0.15, 0.2) is 67.3 Å². The Morgan fingerprint density at radius 2 is 1.79 bits per heavy atom. The third kappa shape index (κ3) is 4.35. The highest BCUT2D eigenvalue weighted by Gasteiger charge is 2.23. The molecule has 0 radical (unpaired) electrons. The summed E-state index contributed by atoms with van der Waals surface area (Å²) in [6, 6.07) is 16.5. The summed E-state index contributed by atoms with van der Waals surface area (Å²) in [5.41, 5.74) is 3.50. The fourth-order valence-electron chi connectivity index (χ4n) is 2.43. The van der Waals surface area contributed by atoms with E-state index in [0.717, 1.165) is 16.3 Å². The van der Waals surface area contributed by atoms with Gasteiger partial charge in [-0.1, -0.05) is 65.2 Å². The summed E-state index contributed by atoms with van der Waals surface area (Å²) in [4.78, 5) is 4.11. The number of imidazole rings is 1. The van der Waals surface area contributed by atoms with E-state index in [9.17, 15) is 0 Å². The molecule has 0 aliphatic heterocycles. The fraction of sp³-hybridized carbons (Fsp3) is 0.211. The van der Waals surface area contributed by atoms with Gasteiger partial charge in [-0.05, 0) is 30.2 Å². The smallest absolute Gasteiger partial charge is 0.125 e. The fourth-order valence-corrected chi connectivity index (χ4v) is 4.25. The Labute approximate surface area is 156 Å². The molecular weight excluding hydrogens is 359 g/mol. The lowest BCUT2D eigenvalue weighted by atomic mass is 10.1. The third-order valence-corrected chi connectivity index (χ3v) is 6.08. The van der Waals surface area contributed by atoms with Crippen LogP contribution in [-0.2, 0) is 5.75 Å². The van der Waals surface area contributed by atoms with Gasteiger partial charge in [0, 0.05) is 23.2 Å². The van der Waals surface area contributed by atoms with Crippen molar-refractivity contribution in [2.75, 3.05) is 0 Å². The van der Waals surface area contributed by atoms with Crippen molar-refractivity contribution in [3.63, 3.8) is 0 Å². The average Bonchev–Trinajstić information content (AvgIpc) is 3.12. The lowest BCUT2D eigenvalue weighted by Crippen LogP contribution is -2.09. The monoisotopic (exact) mass is 376 g/mol. The maximum Gasteiger partial charge on any atom is 0.125 e. The first kappa shape index (κ1) is 17.4. The SMILES string of the molecule is Cc1ccc(CSC(c2ccc(Cl)cc2)C(Cl)n2ccnc2)cc1. The summed E-state index contributed by atoms with van der Waals surface area (Å²) in [6.07, 6.45) is 5.40. The van der Waals surface area contributed by atoms with Crippen LogP contribution in [-0.4, -0.2) is 9.55 Å². The van der Waals surface area contributed by atoms with Gasteiger partial charge in [-0.2, -0.15) is 0 Å². The highest BCUT2D eigenvalue weighted by molar-refractivity contribution is 7.98. The van der Waals surface area contributed by atoms with Crippen LogP contribution >= 0.6 is 35.0 Å². The predicted molar refractivity (Wildman–Crippen MR) is 104 cm³/mol. The summed E-state index contributed by atoms with van der Waals surface area (Å²) in [5, 5.41) is 0.828. The first-order chi connectivity index (χ1) is 11.6. The molecule has 0 saturated carbocycles. The summed E-state index contributed by atoms with van der Waals surface area (Å²) in [6.45, 7) is 2.10. The van der Waals surface area contributed by atoms with Gasteiger partial charge in [0.05, 0.1) is 11.6 Å². The van der Waals surface area contributed by atoms with Gasteiger partial charge in [-0.25, -0.2) is 4.98 Å². The first-order valence-corrected chi connectivity index (χ1v) is 9.54. The largest absolute Gasteiger partial charge is 0.319 e. The molecule has 1 aromatic heterocycles. The van der Waals surface area contributed by atoms with Crippen molar-refractivity contribution in [1.29, 1.82) is 0 Å². The van der Waals surface area contributed by atoms with Gasteiger partial charge < -0.3 is 4.57 Å². The highest BCUT2D eigenvalue weighted by atomic mass is 35.5. The number of alkyl halides is 1. The number of halogens is 2. The minimum absolute atomic E-state index is 0.0967. The van der Waals surface area contributed by atoms with Crippen LogP contribution in [0.3, 0.4) is 0 Å². The molecule has 0 spiro atoms. The van der Waals surface area contributed by atoms with E-state index in [1.165, 1.54) is 11.1 Å². The number of thioether (sulfide) groups is 1. The van der Waals surface area contributed by atoms with Gasteiger partial charge in [0.15, 0.2) is 0 Å². The molecule has 0 N–H and O–H groups in total. The zero-order valence-corrected chi connectivity index (χ0v) is 15.6. The molecule has 0 bridgehead atoms. The van der Waals surface area contributed by atoms with Crippen molar-refractivity contribution in [1.82, 2.24) is 9.55 Å². The number of hydrogen-bond acceptors (Lipinski definition) is 2. The lowest BCUT2D eigenvalue weighted by molar-refractivity contribution is 0.651. The lowest BCUT2D eigenvalue weighted by Gasteiger charge is -2.23. The minimum atomic E-state index is -0.218. The maximum absolute atomic E-state index is 6.75. The first-order valence-electron chi connectivity index (χ1n) is 7.67. The molecule has 0 aliphatic carbocycles. The Morgan fingerprint density at radius 3 is 2.42 bits per heavy atom. The molecule has 3 rings (SSSR count). The van der Waals surface area contributed by atoms with E-state index in [1.54, 1.807) is 12.5 Å². The van der Waals surface area contributed by atoms with E-state index in [4.69, 9.17) is 23.2 Å². The van der Waals surface area contributed by atoms with E-state index in [0.29, 0.717) is 0 Å². The maximum atomic E-state index is 6.75. The molecule has 3 aromatic rings. The Bertz CT molecular complexity index is 755. The van der Waals surface area contributed by atoms with Gasteiger partial charge in [0.25, 0.3) is 0 Å². The summed E-state index contributed by atoms with van der Waals surface area (Å²) in [5.74, 6) is 0.894. The Morgan fingerprint density at radius 1 is 1.08 bits per heavy atom. The highest BCUT2D eigenvalue weighted by Crippen LogP contribution is 2.42. The van der Waals surface area contributed by atoms with Crippen molar-refractivity contribution in [2.45, 2.75) is 23.4 Å². The Kier molecular flexibility index (Phi) is 5.88. The van der Waals surface area contributed by atoms with Gasteiger partial charge in [-0.3, -0.25) is 0 Å². The number of hydrogen-bond donors (Lipinski definition) is 0. The molecule has 0 saturated heterocycles. The van der Waals surface area contributed by atoms with Gasteiger partial charge in [-0.15, -0.1) is 11.8 Å². The molecule has 0 fully saturated rings. The molecule has 5 heteroatoms. The molecule has 2 aromatic carbocycles. The molecule has 124 valence electrons. The number of aromatic nitrogens is 2. The van der Waals surface area contributed by atoms with Crippen molar-refractivity contribution < 1.29 is 0 Å². The van der Waals surface area contributed by atoms with Crippen LogP contribution in [0.25, 0.3) is 0 Å². The van der Waals surface area contributed by atoms with Crippen LogP contribution in [0.1, 0.15) is 27.4 Å². The van der Waals surface area contributed by atoms with Gasteiger partial charge >= 0.3 is 0 Å². The molecule has 0 aliphatic rings. The van der Waals surface area contributed by atoms with Crippen LogP contribution in [0.4, 0.5) is 0 Å². The second-order valence-corrected chi connectivity index (χ2v) is 7.66. The Balaban J connectivity index is 1.81. The zero-order chi connectivity index (χ0) is 16.9. The quantitative estimate of drug-likeness (QED) is 0.472. The van der Waals surface area contributed by atoms with E-state index in [2.05, 4.69) is 36.2 Å². The van der Waals surface area contributed by atoms with Crippen molar-refractivity contribution in [3.05, 3.63) is 89.0 Å². The minimum Gasteiger partial charge on any atom is -0.319 e. The molecular formula is C19H18Cl2N2S. The molecule has 1 heterocycles. The number of aryl methyl sites for hydroxylation is 1. The van der Waals surface area contributed by atoms with Gasteiger partial charge in [0.2, 0.25) is 0 Å². The zero-order valence-electron chi connectivity index (χ0n) is 13.3. The number of rotatable bonds is 6. The molecule has 0 amide bonds. The molecule has 2 atom stereocenters. The van der Waals surface area contributed by atoms with Crippen LogP contribution in [0, 0.1) is 6.92 Å². The summed E-state index contributed by atoms with van der Waals surface area (Å²) in [7, 11) is 0. The standard InChI is InChI=1S/C19H18Cl2N2S/c1-14-2-4-15(5-3-14)12-24-18(16-6-8-17(20)9-7-16)19(21)23-11-10-22-13-23/h2-11,13,18-19H,12H2,1H3. The number of benzene rings is 2.